The smallest absolute Gasteiger partial charge is 0.236 e. The Morgan fingerprint density at radius 1 is 1.25 bits per heavy atom. The Hall–Kier alpha value is -2.09. The third-order valence-electron chi connectivity index (χ3n) is 2.95. The van der Waals surface area contributed by atoms with E-state index < -0.39 is 0 Å². The zero-order chi connectivity index (χ0) is 16.9. The molecule has 0 unspecified atom stereocenters. The molecule has 1 N–H and O–H groups in total. The number of anilines is 1. The monoisotopic (exact) mass is 379 g/mol. The molecule has 0 atom stereocenters. The lowest BCUT2D eigenvalue weighted by atomic mass is 10.3. The lowest BCUT2D eigenvalue weighted by Crippen LogP contribution is -2.15. The number of hydrogen-bond donors (Lipinski definition) is 1. The quantitative estimate of drug-likeness (QED) is 0.684. The van der Waals surface area contributed by atoms with Crippen LogP contribution in [0, 0.1) is 0 Å². The van der Waals surface area contributed by atoms with Crippen molar-refractivity contribution in [3.63, 3.8) is 0 Å². The molecule has 0 saturated heterocycles. The minimum atomic E-state index is -0.251. The topological polar surface area (TPSA) is 72.7 Å². The molecule has 0 fully saturated rings. The first-order valence-corrected chi connectivity index (χ1v) is 8.57. The summed E-state index contributed by atoms with van der Waals surface area (Å²) in [4.78, 5) is 16.1. The van der Waals surface area contributed by atoms with Crippen LogP contribution in [0.3, 0.4) is 0 Å². The lowest BCUT2D eigenvalue weighted by Gasteiger charge is -2.07. The van der Waals surface area contributed by atoms with E-state index in [4.69, 9.17) is 23.2 Å². The number of carbonyl (C=O) groups excluding carboxylic acids is 1. The molecular formula is C15H11Cl2N5OS. The standard InChI is InChI=1S/C15H11Cl2N5OS/c16-10-6-12(17)14(18-7-10)20-13(23)8-24-15-21-19-9-22(15)11-4-2-1-3-5-11/h1-7,9H,8H2,(H,18,20,23). The lowest BCUT2D eigenvalue weighted by molar-refractivity contribution is -0.113. The molecule has 24 heavy (non-hydrogen) atoms. The summed E-state index contributed by atoms with van der Waals surface area (Å²) in [6.45, 7) is 0. The maximum Gasteiger partial charge on any atom is 0.236 e. The second kappa shape index (κ2) is 7.65. The number of thioether (sulfide) groups is 1. The first-order valence-electron chi connectivity index (χ1n) is 6.82. The molecule has 3 rings (SSSR count). The number of benzene rings is 1. The largest absolute Gasteiger partial charge is 0.309 e. The van der Waals surface area contributed by atoms with Crippen LogP contribution in [0.25, 0.3) is 5.69 Å². The van der Waals surface area contributed by atoms with Crippen molar-refractivity contribution in [1.29, 1.82) is 0 Å². The summed E-state index contributed by atoms with van der Waals surface area (Å²) in [5, 5.41) is 11.9. The number of hydrogen-bond acceptors (Lipinski definition) is 5. The van der Waals surface area contributed by atoms with Crippen LogP contribution in [0.15, 0.2) is 54.1 Å². The summed E-state index contributed by atoms with van der Waals surface area (Å²) in [6.07, 6.45) is 3.02. The van der Waals surface area contributed by atoms with Crippen LogP contribution in [0.5, 0.6) is 0 Å². The van der Waals surface area contributed by atoms with Gasteiger partial charge in [0, 0.05) is 11.9 Å². The van der Waals surface area contributed by atoms with Crippen molar-refractivity contribution in [2.24, 2.45) is 0 Å². The molecule has 0 aliphatic rings. The first-order chi connectivity index (χ1) is 11.6. The summed E-state index contributed by atoms with van der Waals surface area (Å²) in [6, 6.07) is 11.2. The van der Waals surface area contributed by atoms with E-state index in [9.17, 15) is 4.79 Å². The zero-order valence-corrected chi connectivity index (χ0v) is 14.5. The van der Waals surface area contributed by atoms with Gasteiger partial charge in [-0.05, 0) is 18.2 Å². The molecular weight excluding hydrogens is 369 g/mol. The predicted molar refractivity (Wildman–Crippen MR) is 95.0 cm³/mol. The van der Waals surface area contributed by atoms with Crippen LogP contribution < -0.4 is 5.32 Å². The van der Waals surface area contributed by atoms with Gasteiger partial charge in [0.2, 0.25) is 5.91 Å². The highest BCUT2D eigenvalue weighted by molar-refractivity contribution is 7.99. The van der Waals surface area contributed by atoms with Crippen molar-refractivity contribution >= 4 is 46.7 Å². The zero-order valence-electron chi connectivity index (χ0n) is 12.2. The molecule has 0 aliphatic heterocycles. The maximum atomic E-state index is 12.1. The fraction of sp³-hybridized carbons (Fsp3) is 0.0667. The van der Waals surface area contributed by atoms with Crippen molar-refractivity contribution in [3.05, 3.63) is 59.0 Å². The SMILES string of the molecule is O=C(CSc1nncn1-c1ccccc1)Nc1ncc(Cl)cc1Cl. The average molecular weight is 380 g/mol. The molecule has 0 bridgehead atoms. The van der Waals surface area contributed by atoms with Gasteiger partial charge in [0.25, 0.3) is 0 Å². The van der Waals surface area contributed by atoms with E-state index in [1.165, 1.54) is 24.0 Å². The van der Waals surface area contributed by atoms with E-state index in [1.54, 1.807) is 6.33 Å². The summed E-state index contributed by atoms with van der Waals surface area (Å²) >= 11 is 13.0. The molecule has 1 aromatic carbocycles. The number of nitrogens with zero attached hydrogens (tertiary/aromatic N) is 4. The Kier molecular flexibility index (Phi) is 5.34. The first kappa shape index (κ1) is 16.8. The number of pyridine rings is 1. The second-order valence-electron chi connectivity index (χ2n) is 4.64. The number of aromatic nitrogens is 4. The van der Waals surface area contributed by atoms with E-state index in [1.807, 2.05) is 34.9 Å². The third kappa shape index (κ3) is 4.05. The van der Waals surface area contributed by atoms with E-state index in [2.05, 4.69) is 20.5 Å². The van der Waals surface area contributed by atoms with Gasteiger partial charge < -0.3 is 5.32 Å². The highest BCUT2D eigenvalue weighted by atomic mass is 35.5. The average Bonchev–Trinajstić information content (AvgIpc) is 3.05. The molecule has 122 valence electrons. The summed E-state index contributed by atoms with van der Waals surface area (Å²) in [5.41, 5.74) is 0.924. The van der Waals surface area contributed by atoms with Gasteiger partial charge in [0.15, 0.2) is 11.0 Å². The Bertz CT molecular complexity index is 856. The van der Waals surface area contributed by atoms with Gasteiger partial charge in [-0.1, -0.05) is 53.2 Å². The molecule has 2 heterocycles. The van der Waals surface area contributed by atoms with E-state index >= 15 is 0 Å². The Morgan fingerprint density at radius 2 is 2.04 bits per heavy atom. The number of carbonyl (C=O) groups is 1. The molecule has 0 spiro atoms. The van der Waals surface area contributed by atoms with Gasteiger partial charge in [-0.15, -0.1) is 10.2 Å². The van der Waals surface area contributed by atoms with E-state index in [-0.39, 0.29) is 22.5 Å². The maximum absolute atomic E-state index is 12.1. The van der Waals surface area contributed by atoms with Crippen molar-refractivity contribution in [1.82, 2.24) is 19.7 Å². The number of halogens is 2. The highest BCUT2D eigenvalue weighted by Gasteiger charge is 2.12. The Labute approximate surface area is 152 Å². The summed E-state index contributed by atoms with van der Waals surface area (Å²) in [5.74, 6) is 0.169. The molecule has 3 aromatic rings. The van der Waals surface area contributed by atoms with Gasteiger partial charge in [-0.25, -0.2) is 4.98 Å². The van der Waals surface area contributed by atoms with Crippen LogP contribution in [-0.4, -0.2) is 31.4 Å². The normalized spacial score (nSPS) is 10.6. The highest BCUT2D eigenvalue weighted by Crippen LogP contribution is 2.23. The van der Waals surface area contributed by atoms with Crippen LogP contribution >= 0.6 is 35.0 Å². The van der Waals surface area contributed by atoms with Gasteiger partial charge in [0.1, 0.15) is 6.33 Å². The summed E-state index contributed by atoms with van der Waals surface area (Å²) < 4.78 is 1.81. The van der Waals surface area contributed by atoms with Crippen LogP contribution in [0.2, 0.25) is 10.0 Å². The summed E-state index contributed by atoms with van der Waals surface area (Å²) in [7, 11) is 0. The van der Waals surface area contributed by atoms with Gasteiger partial charge >= 0.3 is 0 Å². The second-order valence-corrected chi connectivity index (χ2v) is 6.43. The minimum absolute atomic E-state index is 0.145. The van der Waals surface area contributed by atoms with Crippen molar-refractivity contribution in [2.45, 2.75) is 5.16 Å². The molecule has 9 heteroatoms. The molecule has 6 nitrogen and oxygen atoms in total. The van der Waals surface area contributed by atoms with Crippen LogP contribution in [0.4, 0.5) is 5.82 Å². The van der Waals surface area contributed by atoms with Crippen molar-refractivity contribution < 1.29 is 4.79 Å². The molecule has 0 saturated carbocycles. The predicted octanol–water partition coefficient (Wildman–Crippen LogP) is 3.70. The third-order valence-corrected chi connectivity index (χ3v) is 4.39. The van der Waals surface area contributed by atoms with Crippen LogP contribution in [-0.2, 0) is 4.79 Å². The molecule has 2 aromatic heterocycles. The number of para-hydroxylation sites is 1. The fourth-order valence-electron chi connectivity index (χ4n) is 1.89. The fourth-order valence-corrected chi connectivity index (χ4v) is 3.05. The Morgan fingerprint density at radius 3 is 2.79 bits per heavy atom. The van der Waals surface area contributed by atoms with E-state index in [0.717, 1.165) is 5.69 Å². The number of amides is 1. The van der Waals surface area contributed by atoms with E-state index in [0.29, 0.717) is 10.2 Å². The number of nitrogens with one attached hydrogen (secondary N) is 1. The minimum Gasteiger partial charge on any atom is -0.309 e. The van der Waals surface area contributed by atoms with Crippen molar-refractivity contribution in [3.8, 4) is 5.69 Å². The van der Waals surface area contributed by atoms with Gasteiger partial charge in [0.05, 0.1) is 15.8 Å². The molecule has 0 aliphatic carbocycles. The van der Waals surface area contributed by atoms with Crippen molar-refractivity contribution in [2.75, 3.05) is 11.1 Å². The molecule has 0 radical (unpaired) electrons. The van der Waals surface area contributed by atoms with Crippen LogP contribution in [0.1, 0.15) is 0 Å². The molecule has 1 amide bonds. The number of rotatable bonds is 5. The van der Waals surface area contributed by atoms with Gasteiger partial charge in [-0.3, -0.25) is 9.36 Å². The van der Waals surface area contributed by atoms with Gasteiger partial charge in [-0.2, -0.15) is 0 Å². The Balaban J connectivity index is 1.64.